The zero-order chi connectivity index (χ0) is 17.1. The van der Waals surface area contributed by atoms with Crippen molar-refractivity contribution in [1.29, 1.82) is 0 Å². The molecule has 1 aliphatic carbocycles. The van der Waals surface area contributed by atoms with Gasteiger partial charge in [0.1, 0.15) is 0 Å². The van der Waals surface area contributed by atoms with Gasteiger partial charge in [0.15, 0.2) is 6.10 Å². The molecule has 1 unspecified atom stereocenters. The Balaban J connectivity index is 2.07. The van der Waals surface area contributed by atoms with Crippen LogP contribution in [-0.2, 0) is 33.7 Å². The number of esters is 1. The number of hydrogen-bond donors (Lipinski definition) is 0. The predicted molar refractivity (Wildman–Crippen MR) is 93.8 cm³/mol. The summed E-state index contributed by atoms with van der Waals surface area (Å²) in [5, 5.41) is 0. The lowest BCUT2D eigenvalue weighted by Crippen LogP contribution is -2.14. The lowest BCUT2D eigenvalue weighted by Gasteiger charge is -2.21. The quantitative estimate of drug-likeness (QED) is 0.627. The largest absolute Gasteiger partial charge is 0.449 e. The molecular formula is C21H22O3. The summed E-state index contributed by atoms with van der Waals surface area (Å²) in [7, 11) is 1.69. The zero-order valence-corrected chi connectivity index (χ0v) is 14.2. The summed E-state index contributed by atoms with van der Waals surface area (Å²) < 4.78 is 11.1. The number of methoxy groups -OCH3 is 1. The first kappa shape index (κ1) is 16.5. The van der Waals surface area contributed by atoms with E-state index < -0.39 is 0 Å². The maximum absolute atomic E-state index is 12.2. The van der Waals surface area contributed by atoms with Gasteiger partial charge in [0.2, 0.25) is 0 Å². The Morgan fingerprint density at radius 2 is 1.83 bits per heavy atom. The number of benzene rings is 2. The third kappa shape index (κ3) is 3.26. The van der Waals surface area contributed by atoms with Crippen LogP contribution in [0.15, 0.2) is 54.6 Å². The maximum Gasteiger partial charge on any atom is 0.334 e. The Morgan fingerprint density at radius 1 is 1.12 bits per heavy atom. The van der Waals surface area contributed by atoms with E-state index in [1.54, 1.807) is 14.0 Å². The number of aryl methyl sites for hydroxylation is 2. The van der Waals surface area contributed by atoms with E-state index in [0.717, 1.165) is 29.5 Å². The first-order valence-corrected chi connectivity index (χ1v) is 8.15. The predicted octanol–water partition coefficient (Wildman–Crippen LogP) is 4.14. The van der Waals surface area contributed by atoms with Crippen LogP contribution in [0.2, 0.25) is 0 Å². The lowest BCUT2D eigenvalue weighted by molar-refractivity contribution is -0.142. The van der Waals surface area contributed by atoms with Crippen LogP contribution in [0.3, 0.4) is 0 Å². The molecule has 0 radical (unpaired) electrons. The molecule has 0 heterocycles. The van der Waals surface area contributed by atoms with E-state index in [1.165, 1.54) is 11.1 Å². The van der Waals surface area contributed by atoms with Crippen LogP contribution in [0.5, 0.6) is 0 Å². The number of carbonyl (C=O) groups excluding carboxylic acids is 1. The fourth-order valence-corrected chi connectivity index (χ4v) is 3.18. The average Bonchev–Trinajstić information content (AvgIpc) is 2.73. The fourth-order valence-electron chi connectivity index (χ4n) is 3.18. The molecule has 0 fully saturated rings. The van der Waals surface area contributed by atoms with Gasteiger partial charge in [-0.25, -0.2) is 4.79 Å². The van der Waals surface area contributed by atoms with Crippen LogP contribution in [-0.4, -0.2) is 13.1 Å². The van der Waals surface area contributed by atoms with Gasteiger partial charge in [0, 0.05) is 23.8 Å². The highest BCUT2D eigenvalue weighted by molar-refractivity contribution is 5.87. The van der Waals surface area contributed by atoms with E-state index in [0.29, 0.717) is 12.2 Å². The molecule has 0 N–H and O–H groups in total. The highest BCUT2D eigenvalue weighted by Crippen LogP contribution is 2.36. The number of rotatable bonds is 4. The second-order valence-corrected chi connectivity index (χ2v) is 6.23. The van der Waals surface area contributed by atoms with Crippen LogP contribution in [0.4, 0.5) is 0 Å². The molecule has 24 heavy (non-hydrogen) atoms. The normalized spacial score (nSPS) is 15.8. The smallest absolute Gasteiger partial charge is 0.334 e. The molecule has 0 saturated heterocycles. The van der Waals surface area contributed by atoms with E-state index in [2.05, 4.69) is 24.8 Å². The molecule has 0 spiro atoms. The molecule has 1 atom stereocenters. The molecule has 2 aromatic carbocycles. The lowest BCUT2D eigenvalue weighted by atomic mass is 9.95. The van der Waals surface area contributed by atoms with Gasteiger partial charge in [-0.05, 0) is 36.5 Å². The molecule has 3 rings (SSSR count). The summed E-state index contributed by atoms with van der Waals surface area (Å²) in [4.78, 5) is 12.2. The monoisotopic (exact) mass is 322 g/mol. The minimum atomic E-state index is -0.389. The summed E-state index contributed by atoms with van der Waals surface area (Å²) >= 11 is 0. The Kier molecular flexibility index (Phi) is 4.81. The van der Waals surface area contributed by atoms with Crippen molar-refractivity contribution in [2.24, 2.45) is 0 Å². The number of hydrogen-bond acceptors (Lipinski definition) is 3. The van der Waals surface area contributed by atoms with Crippen LogP contribution >= 0.6 is 0 Å². The van der Waals surface area contributed by atoms with Crippen molar-refractivity contribution in [2.75, 3.05) is 7.11 Å². The van der Waals surface area contributed by atoms with Gasteiger partial charge in [-0.1, -0.05) is 49.0 Å². The fraction of sp³-hybridized carbons (Fsp3) is 0.286. The Bertz CT molecular complexity index is 776. The third-order valence-electron chi connectivity index (χ3n) is 4.38. The zero-order valence-electron chi connectivity index (χ0n) is 14.2. The van der Waals surface area contributed by atoms with Crippen molar-refractivity contribution in [1.82, 2.24) is 0 Å². The van der Waals surface area contributed by atoms with Crippen molar-refractivity contribution in [3.8, 4) is 0 Å². The van der Waals surface area contributed by atoms with Crippen molar-refractivity contribution in [3.63, 3.8) is 0 Å². The van der Waals surface area contributed by atoms with Crippen LogP contribution < -0.4 is 0 Å². The van der Waals surface area contributed by atoms with E-state index in [1.807, 2.05) is 24.3 Å². The molecule has 3 heteroatoms. The van der Waals surface area contributed by atoms with Crippen LogP contribution in [0.25, 0.3) is 0 Å². The topological polar surface area (TPSA) is 35.5 Å². The molecule has 0 bridgehead atoms. The molecule has 2 aromatic rings. The van der Waals surface area contributed by atoms with Gasteiger partial charge in [0.05, 0.1) is 6.61 Å². The van der Waals surface area contributed by atoms with Gasteiger partial charge in [-0.2, -0.15) is 0 Å². The average molecular weight is 322 g/mol. The Labute approximate surface area is 142 Å². The van der Waals surface area contributed by atoms with Gasteiger partial charge in [-0.3, -0.25) is 0 Å². The van der Waals surface area contributed by atoms with Crippen molar-refractivity contribution >= 4 is 5.97 Å². The summed E-state index contributed by atoms with van der Waals surface area (Å²) in [6, 6.07) is 14.4. The first-order chi connectivity index (χ1) is 11.6. The van der Waals surface area contributed by atoms with E-state index in [-0.39, 0.29) is 12.1 Å². The minimum Gasteiger partial charge on any atom is -0.449 e. The summed E-state index contributed by atoms with van der Waals surface area (Å²) in [5.41, 5.74) is 6.09. The highest BCUT2D eigenvalue weighted by atomic mass is 16.5. The van der Waals surface area contributed by atoms with Crippen molar-refractivity contribution in [2.45, 2.75) is 32.5 Å². The molecular weight excluding hydrogens is 300 g/mol. The SMILES string of the molecule is C=C(C)C(=O)OC1c2ccccc2CCc2cc(COC)ccc21. The number of carbonyl (C=O) groups is 1. The van der Waals surface area contributed by atoms with Crippen molar-refractivity contribution in [3.05, 3.63) is 82.4 Å². The van der Waals surface area contributed by atoms with Crippen LogP contribution in [0.1, 0.15) is 40.8 Å². The standard InChI is InChI=1S/C21H22O3/c1-14(2)21(22)24-20-18-7-5-4-6-16(18)9-10-17-12-15(13-23-3)8-11-19(17)20/h4-8,11-12,20H,1,9-10,13H2,2-3H3. The number of fused-ring (bicyclic) bond motifs is 2. The molecule has 3 nitrogen and oxygen atoms in total. The first-order valence-electron chi connectivity index (χ1n) is 8.15. The molecule has 124 valence electrons. The summed E-state index contributed by atoms with van der Waals surface area (Å²) in [5.74, 6) is -0.358. The summed E-state index contributed by atoms with van der Waals surface area (Å²) in [6.45, 7) is 5.96. The Hall–Kier alpha value is -2.39. The van der Waals surface area contributed by atoms with E-state index in [9.17, 15) is 4.79 Å². The van der Waals surface area contributed by atoms with Gasteiger partial charge >= 0.3 is 5.97 Å². The molecule has 1 aliphatic rings. The minimum absolute atomic E-state index is 0.358. The van der Waals surface area contributed by atoms with Gasteiger partial charge in [0.25, 0.3) is 0 Å². The van der Waals surface area contributed by atoms with Gasteiger partial charge < -0.3 is 9.47 Å². The molecule has 0 amide bonds. The van der Waals surface area contributed by atoms with E-state index in [4.69, 9.17) is 9.47 Å². The highest BCUT2D eigenvalue weighted by Gasteiger charge is 2.27. The molecule has 0 aliphatic heterocycles. The van der Waals surface area contributed by atoms with E-state index >= 15 is 0 Å². The van der Waals surface area contributed by atoms with Crippen molar-refractivity contribution < 1.29 is 14.3 Å². The maximum atomic E-state index is 12.2. The molecule has 0 saturated carbocycles. The van der Waals surface area contributed by atoms with Crippen LogP contribution in [0, 0.1) is 0 Å². The summed E-state index contributed by atoms with van der Waals surface area (Å²) in [6.07, 6.45) is 1.46. The number of ether oxygens (including phenoxy) is 2. The third-order valence-corrected chi connectivity index (χ3v) is 4.38. The Morgan fingerprint density at radius 3 is 2.58 bits per heavy atom. The molecule has 0 aromatic heterocycles. The second-order valence-electron chi connectivity index (χ2n) is 6.23. The van der Waals surface area contributed by atoms with Gasteiger partial charge in [-0.15, -0.1) is 0 Å². The second kappa shape index (κ2) is 7.02.